The number of anilines is 2. The standard InChI is InChI=1S/C12H15N3O2S/c1-12(3-4-12)6-15-10-7(5-13)8(14)9(18-10)11(16)17-2/h15H,3-4,6,14H2,1-2H3. The minimum Gasteiger partial charge on any atom is -0.465 e. The van der Waals surface area contributed by atoms with Crippen LogP contribution in [0.4, 0.5) is 10.7 Å². The molecule has 3 N–H and O–H groups in total. The van der Waals surface area contributed by atoms with E-state index in [0.717, 1.165) is 6.54 Å². The molecular weight excluding hydrogens is 250 g/mol. The predicted molar refractivity (Wildman–Crippen MR) is 70.6 cm³/mol. The van der Waals surface area contributed by atoms with Gasteiger partial charge in [-0.25, -0.2) is 4.79 Å². The molecule has 2 rings (SSSR count). The Kier molecular flexibility index (Phi) is 3.18. The number of ether oxygens (including phenoxy) is 1. The molecule has 1 fully saturated rings. The van der Waals surface area contributed by atoms with Gasteiger partial charge >= 0.3 is 5.97 Å². The Balaban J connectivity index is 2.23. The summed E-state index contributed by atoms with van der Waals surface area (Å²) >= 11 is 1.18. The Hall–Kier alpha value is -1.74. The summed E-state index contributed by atoms with van der Waals surface area (Å²) in [4.78, 5) is 11.8. The van der Waals surface area contributed by atoms with Crippen LogP contribution in [0.2, 0.25) is 0 Å². The van der Waals surface area contributed by atoms with Crippen molar-refractivity contribution in [2.45, 2.75) is 19.8 Å². The third kappa shape index (κ3) is 2.27. The highest BCUT2D eigenvalue weighted by atomic mass is 32.1. The molecule has 18 heavy (non-hydrogen) atoms. The molecule has 0 bridgehead atoms. The number of nitrogens with zero attached hydrogens (tertiary/aromatic N) is 1. The molecule has 0 radical (unpaired) electrons. The van der Waals surface area contributed by atoms with Gasteiger partial charge in [-0.1, -0.05) is 6.92 Å². The number of esters is 1. The molecule has 0 spiro atoms. The van der Waals surface area contributed by atoms with Gasteiger partial charge in [-0.05, 0) is 18.3 Å². The molecule has 1 aliphatic rings. The predicted octanol–water partition coefficient (Wildman–Crippen LogP) is 2.20. The average Bonchev–Trinajstić information content (AvgIpc) is 3.00. The van der Waals surface area contributed by atoms with Crippen LogP contribution in [-0.4, -0.2) is 19.6 Å². The summed E-state index contributed by atoms with van der Waals surface area (Å²) in [7, 11) is 1.30. The number of methoxy groups -OCH3 is 1. The Bertz CT molecular complexity index is 526. The summed E-state index contributed by atoms with van der Waals surface area (Å²) in [5.41, 5.74) is 6.65. The van der Waals surface area contributed by atoms with Gasteiger partial charge in [0.15, 0.2) is 0 Å². The third-order valence-corrected chi connectivity index (χ3v) is 4.35. The fraction of sp³-hybridized carbons (Fsp3) is 0.500. The van der Waals surface area contributed by atoms with Gasteiger partial charge in [-0.2, -0.15) is 5.26 Å². The number of rotatable bonds is 4. The fourth-order valence-electron chi connectivity index (χ4n) is 1.61. The van der Waals surface area contributed by atoms with Crippen LogP contribution >= 0.6 is 11.3 Å². The van der Waals surface area contributed by atoms with Crippen LogP contribution < -0.4 is 11.1 Å². The van der Waals surface area contributed by atoms with Crippen LogP contribution in [0, 0.1) is 16.7 Å². The average molecular weight is 265 g/mol. The molecule has 96 valence electrons. The summed E-state index contributed by atoms with van der Waals surface area (Å²) in [6, 6.07) is 2.04. The highest BCUT2D eigenvalue weighted by Gasteiger charge is 2.37. The van der Waals surface area contributed by atoms with Gasteiger partial charge in [0.25, 0.3) is 0 Å². The van der Waals surface area contributed by atoms with Crippen LogP contribution in [-0.2, 0) is 4.74 Å². The number of nitrogens with one attached hydrogen (secondary N) is 1. The summed E-state index contributed by atoms with van der Waals surface area (Å²) in [6.07, 6.45) is 2.37. The van der Waals surface area contributed by atoms with E-state index in [9.17, 15) is 4.79 Å². The van der Waals surface area contributed by atoms with Crippen molar-refractivity contribution in [3.05, 3.63) is 10.4 Å². The lowest BCUT2D eigenvalue weighted by atomic mass is 10.1. The van der Waals surface area contributed by atoms with Crippen molar-refractivity contribution < 1.29 is 9.53 Å². The van der Waals surface area contributed by atoms with E-state index < -0.39 is 5.97 Å². The zero-order valence-corrected chi connectivity index (χ0v) is 11.2. The molecule has 1 aromatic heterocycles. The van der Waals surface area contributed by atoms with Gasteiger partial charge in [0, 0.05) is 6.54 Å². The second-order valence-electron chi connectivity index (χ2n) is 4.82. The number of hydrogen-bond acceptors (Lipinski definition) is 6. The molecule has 0 aromatic carbocycles. The molecule has 0 aliphatic heterocycles. The Morgan fingerprint density at radius 2 is 2.33 bits per heavy atom. The minimum absolute atomic E-state index is 0.206. The second-order valence-corrected chi connectivity index (χ2v) is 5.84. The van der Waals surface area contributed by atoms with Crippen molar-refractivity contribution in [1.29, 1.82) is 5.26 Å². The number of nitrogens with two attached hydrogens (primary N) is 1. The Morgan fingerprint density at radius 1 is 1.67 bits per heavy atom. The van der Waals surface area contributed by atoms with Gasteiger partial charge in [-0.15, -0.1) is 11.3 Å². The molecule has 1 aromatic rings. The van der Waals surface area contributed by atoms with Crippen LogP contribution in [0.5, 0.6) is 0 Å². The fourth-order valence-corrected chi connectivity index (χ4v) is 2.59. The number of hydrogen-bond donors (Lipinski definition) is 2. The quantitative estimate of drug-likeness (QED) is 0.815. The lowest BCUT2D eigenvalue weighted by Crippen LogP contribution is -2.11. The SMILES string of the molecule is COC(=O)c1sc(NCC2(C)CC2)c(C#N)c1N. The summed E-state index contributed by atoms with van der Waals surface area (Å²) < 4.78 is 4.64. The van der Waals surface area contributed by atoms with E-state index in [1.165, 1.54) is 31.3 Å². The van der Waals surface area contributed by atoms with Crippen molar-refractivity contribution in [3.63, 3.8) is 0 Å². The zero-order chi connectivity index (χ0) is 13.3. The highest BCUT2D eigenvalue weighted by Crippen LogP contribution is 2.45. The molecule has 1 heterocycles. The van der Waals surface area contributed by atoms with Gasteiger partial charge in [0.05, 0.1) is 12.8 Å². The maximum Gasteiger partial charge on any atom is 0.350 e. The summed E-state index contributed by atoms with van der Waals surface area (Å²) in [6.45, 7) is 2.98. The molecule has 0 unspecified atom stereocenters. The van der Waals surface area contributed by atoms with Crippen molar-refractivity contribution in [2.75, 3.05) is 24.7 Å². The van der Waals surface area contributed by atoms with Gasteiger partial charge in [-0.3, -0.25) is 0 Å². The van der Waals surface area contributed by atoms with Crippen LogP contribution in [0.25, 0.3) is 0 Å². The van der Waals surface area contributed by atoms with Gasteiger partial charge in [0.1, 0.15) is 21.5 Å². The smallest absolute Gasteiger partial charge is 0.350 e. The zero-order valence-electron chi connectivity index (χ0n) is 10.4. The lowest BCUT2D eigenvalue weighted by molar-refractivity contribution is 0.0607. The van der Waals surface area contributed by atoms with E-state index >= 15 is 0 Å². The Labute approximate surface area is 110 Å². The largest absolute Gasteiger partial charge is 0.465 e. The number of thiophene rings is 1. The van der Waals surface area contributed by atoms with Gasteiger partial charge < -0.3 is 15.8 Å². The maximum atomic E-state index is 11.5. The van der Waals surface area contributed by atoms with Gasteiger partial charge in [0.2, 0.25) is 0 Å². The van der Waals surface area contributed by atoms with Crippen LogP contribution in [0.1, 0.15) is 35.0 Å². The summed E-state index contributed by atoms with van der Waals surface area (Å²) in [5.74, 6) is -0.500. The van der Waals surface area contributed by atoms with Crippen molar-refractivity contribution in [2.24, 2.45) is 5.41 Å². The lowest BCUT2D eigenvalue weighted by Gasteiger charge is -2.09. The normalized spacial score (nSPS) is 15.8. The second kappa shape index (κ2) is 4.50. The number of nitrogen functional groups attached to an aromatic ring is 1. The first-order chi connectivity index (χ1) is 8.50. The third-order valence-electron chi connectivity index (χ3n) is 3.21. The molecule has 0 atom stereocenters. The molecular formula is C12H15N3O2S. The summed E-state index contributed by atoms with van der Waals surface area (Å²) in [5, 5.41) is 13.0. The van der Waals surface area contributed by atoms with Crippen molar-refractivity contribution >= 4 is 28.0 Å². The first-order valence-electron chi connectivity index (χ1n) is 5.65. The van der Waals surface area contributed by atoms with E-state index in [4.69, 9.17) is 11.0 Å². The van der Waals surface area contributed by atoms with E-state index in [1.54, 1.807) is 0 Å². The molecule has 0 amide bonds. The first-order valence-corrected chi connectivity index (χ1v) is 6.47. The van der Waals surface area contributed by atoms with E-state index in [2.05, 4.69) is 17.0 Å². The highest BCUT2D eigenvalue weighted by molar-refractivity contribution is 7.18. The first kappa shape index (κ1) is 12.7. The number of nitriles is 1. The van der Waals surface area contributed by atoms with E-state index in [1.807, 2.05) is 6.07 Å². The molecule has 5 nitrogen and oxygen atoms in total. The van der Waals surface area contributed by atoms with Crippen molar-refractivity contribution in [3.8, 4) is 6.07 Å². The maximum absolute atomic E-state index is 11.5. The van der Waals surface area contributed by atoms with Crippen LogP contribution in [0.3, 0.4) is 0 Å². The molecule has 0 saturated heterocycles. The molecule has 1 aliphatic carbocycles. The minimum atomic E-state index is -0.500. The number of carbonyl (C=O) groups is 1. The Morgan fingerprint density at radius 3 is 2.83 bits per heavy atom. The van der Waals surface area contributed by atoms with Crippen LogP contribution in [0.15, 0.2) is 0 Å². The molecule has 1 saturated carbocycles. The van der Waals surface area contributed by atoms with Crippen molar-refractivity contribution in [1.82, 2.24) is 0 Å². The van der Waals surface area contributed by atoms with E-state index in [0.29, 0.717) is 16.0 Å². The van der Waals surface area contributed by atoms with E-state index in [-0.39, 0.29) is 10.6 Å². The monoisotopic (exact) mass is 265 g/mol. The molecule has 6 heteroatoms. The topological polar surface area (TPSA) is 88.1 Å². The number of carbonyl (C=O) groups excluding carboxylic acids is 1.